The average Bonchev–Trinajstić information content (AvgIpc) is 2.15. The van der Waals surface area contributed by atoms with Crippen LogP contribution in [0.1, 0.15) is 13.8 Å². The zero-order chi connectivity index (χ0) is 6.69. The van der Waals surface area contributed by atoms with Crippen molar-refractivity contribution in [3.8, 4) is 0 Å². The second-order valence-electron chi connectivity index (χ2n) is 2.62. The summed E-state index contributed by atoms with van der Waals surface area (Å²) in [7, 11) is 0. The minimum Gasteiger partial charge on any atom is -0.326 e. The number of nitrogens with one attached hydrogen (secondary N) is 1. The molecule has 0 spiro atoms. The first-order valence-electron chi connectivity index (χ1n) is 3.24. The van der Waals surface area contributed by atoms with Gasteiger partial charge in [0.05, 0.1) is 0 Å². The van der Waals surface area contributed by atoms with E-state index in [4.69, 9.17) is 0 Å². The Hall–Kier alpha value is -0.500. The van der Waals surface area contributed by atoms with E-state index >= 15 is 0 Å². The van der Waals surface area contributed by atoms with Crippen molar-refractivity contribution in [1.29, 1.82) is 0 Å². The zero-order valence-corrected chi connectivity index (χ0v) is 6.02. The molecule has 51 valence electrons. The third-order valence-electron chi connectivity index (χ3n) is 1.21. The molecule has 0 bridgehead atoms. The van der Waals surface area contributed by atoms with Crippen LogP contribution in [0.2, 0.25) is 0 Å². The molecule has 0 aromatic heterocycles. The van der Waals surface area contributed by atoms with Crippen LogP contribution in [0.25, 0.3) is 0 Å². The minimum atomic E-state index is 1.03. The lowest BCUT2D eigenvalue weighted by Gasteiger charge is -2.17. The van der Waals surface area contributed by atoms with E-state index in [9.17, 15) is 0 Å². The summed E-state index contributed by atoms with van der Waals surface area (Å²) >= 11 is 0. The Labute approximate surface area is 56.5 Å². The third kappa shape index (κ3) is 2.06. The molecular formula is C7H13N2. The van der Waals surface area contributed by atoms with Crippen molar-refractivity contribution < 1.29 is 0 Å². The van der Waals surface area contributed by atoms with Crippen molar-refractivity contribution in [3.63, 3.8) is 0 Å². The van der Waals surface area contributed by atoms with Crippen molar-refractivity contribution in [1.82, 2.24) is 10.4 Å². The van der Waals surface area contributed by atoms with Gasteiger partial charge in [-0.05, 0) is 5.92 Å². The summed E-state index contributed by atoms with van der Waals surface area (Å²) < 4.78 is 0. The minimum absolute atomic E-state index is 1.03. The molecule has 1 aliphatic rings. The van der Waals surface area contributed by atoms with E-state index in [1.54, 1.807) is 0 Å². The largest absolute Gasteiger partial charge is 0.326 e. The molecule has 0 unspecified atom stereocenters. The Balaban J connectivity index is 2.14. The summed E-state index contributed by atoms with van der Waals surface area (Å²) in [6.45, 7) is 6.36. The van der Waals surface area contributed by atoms with Crippen molar-refractivity contribution in [2.24, 2.45) is 0 Å². The monoisotopic (exact) mass is 125 g/mol. The maximum absolute atomic E-state index is 3.12. The lowest BCUT2D eigenvalue weighted by molar-refractivity contribution is 0.278. The summed E-state index contributed by atoms with van der Waals surface area (Å²) in [4.78, 5) is 0. The summed E-state index contributed by atoms with van der Waals surface area (Å²) in [5.74, 6) is 1.44. The highest BCUT2D eigenvalue weighted by Crippen LogP contribution is 2.00. The standard InChI is InChI=1S/C7H13N2/c1-7(2)6-9-5-3-4-8-9/h3-4,8H,5-6H2,1-2H3. The first-order valence-corrected chi connectivity index (χ1v) is 3.24. The van der Waals surface area contributed by atoms with Crippen molar-refractivity contribution in [3.05, 3.63) is 18.2 Å². The maximum Gasteiger partial charge on any atom is 0.0376 e. The number of rotatable bonds is 2. The van der Waals surface area contributed by atoms with Gasteiger partial charge < -0.3 is 5.43 Å². The van der Waals surface area contributed by atoms with Gasteiger partial charge in [-0.3, -0.25) is 0 Å². The molecule has 1 aliphatic heterocycles. The molecule has 2 heteroatoms. The predicted molar refractivity (Wildman–Crippen MR) is 38.4 cm³/mol. The Morgan fingerprint density at radius 1 is 1.67 bits per heavy atom. The van der Waals surface area contributed by atoms with Gasteiger partial charge in [0.15, 0.2) is 0 Å². The smallest absolute Gasteiger partial charge is 0.0376 e. The van der Waals surface area contributed by atoms with Gasteiger partial charge in [0.1, 0.15) is 0 Å². The van der Waals surface area contributed by atoms with E-state index in [-0.39, 0.29) is 0 Å². The van der Waals surface area contributed by atoms with Crippen LogP contribution in [0, 0.1) is 5.92 Å². The molecule has 0 aromatic rings. The van der Waals surface area contributed by atoms with Gasteiger partial charge in [0.2, 0.25) is 0 Å². The fourth-order valence-electron chi connectivity index (χ4n) is 0.883. The quantitative estimate of drug-likeness (QED) is 0.590. The molecule has 0 amide bonds. The highest BCUT2D eigenvalue weighted by atomic mass is 15.5. The number of nitrogens with zero attached hydrogens (tertiary/aromatic N) is 1. The Kier molecular flexibility index (Phi) is 2.11. The molecule has 0 saturated heterocycles. The normalized spacial score (nSPS) is 19.0. The molecule has 2 nitrogen and oxygen atoms in total. The number of hydrogen-bond acceptors (Lipinski definition) is 2. The molecule has 0 fully saturated rings. The van der Waals surface area contributed by atoms with Crippen LogP contribution in [0.4, 0.5) is 0 Å². The lowest BCUT2D eigenvalue weighted by atomic mass is 10.2. The second kappa shape index (κ2) is 2.87. The predicted octanol–water partition coefficient (Wildman–Crippen LogP) is 0.935. The van der Waals surface area contributed by atoms with Crippen LogP contribution >= 0.6 is 0 Å². The molecule has 0 aliphatic carbocycles. The summed E-state index contributed by atoms with van der Waals surface area (Å²) in [6, 6.07) is 0. The van der Waals surface area contributed by atoms with Crippen LogP contribution in [0.5, 0.6) is 0 Å². The molecule has 1 rings (SSSR count). The molecule has 0 atom stereocenters. The van der Waals surface area contributed by atoms with E-state index in [2.05, 4.69) is 30.4 Å². The third-order valence-corrected chi connectivity index (χ3v) is 1.21. The van der Waals surface area contributed by atoms with Gasteiger partial charge in [-0.1, -0.05) is 19.9 Å². The summed E-state index contributed by atoms with van der Waals surface area (Å²) in [6.07, 6.45) is 4.09. The van der Waals surface area contributed by atoms with Crippen molar-refractivity contribution >= 4 is 0 Å². The second-order valence-corrected chi connectivity index (χ2v) is 2.62. The van der Waals surface area contributed by atoms with Gasteiger partial charge in [-0.25, -0.2) is 5.01 Å². The van der Waals surface area contributed by atoms with Crippen LogP contribution in [-0.2, 0) is 0 Å². The lowest BCUT2D eigenvalue weighted by Crippen LogP contribution is -2.32. The molecule has 1 N–H and O–H groups in total. The molecule has 0 aromatic carbocycles. The molecular weight excluding hydrogens is 112 g/mol. The number of hydrogen-bond donors (Lipinski definition) is 1. The fourth-order valence-corrected chi connectivity index (χ4v) is 0.883. The highest BCUT2D eigenvalue weighted by molar-refractivity contribution is 4.92. The Bertz CT molecular complexity index is 99.5. The van der Waals surface area contributed by atoms with E-state index in [1.165, 1.54) is 5.92 Å². The van der Waals surface area contributed by atoms with Crippen LogP contribution in [0.15, 0.2) is 12.3 Å². The van der Waals surface area contributed by atoms with E-state index in [0.29, 0.717) is 0 Å². The molecule has 9 heavy (non-hydrogen) atoms. The maximum atomic E-state index is 3.12. The fraction of sp³-hybridized carbons (Fsp3) is 0.571. The number of hydrazine groups is 1. The zero-order valence-electron chi connectivity index (χ0n) is 6.02. The van der Waals surface area contributed by atoms with Crippen LogP contribution in [0.3, 0.4) is 0 Å². The van der Waals surface area contributed by atoms with Crippen molar-refractivity contribution in [2.75, 3.05) is 13.1 Å². The molecule has 1 radical (unpaired) electrons. The van der Waals surface area contributed by atoms with Crippen LogP contribution in [-0.4, -0.2) is 18.1 Å². The average molecular weight is 125 g/mol. The Morgan fingerprint density at radius 2 is 2.44 bits per heavy atom. The SMILES string of the molecule is C[C](C)CN1CC=CN1. The first kappa shape index (κ1) is 6.62. The molecule has 1 heterocycles. The van der Waals surface area contributed by atoms with E-state index in [1.807, 2.05) is 6.20 Å². The van der Waals surface area contributed by atoms with Crippen molar-refractivity contribution in [2.45, 2.75) is 13.8 Å². The first-order chi connectivity index (χ1) is 4.29. The van der Waals surface area contributed by atoms with Gasteiger partial charge >= 0.3 is 0 Å². The van der Waals surface area contributed by atoms with Gasteiger partial charge in [-0.2, -0.15) is 0 Å². The van der Waals surface area contributed by atoms with Gasteiger partial charge in [0.25, 0.3) is 0 Å². The van der Waals surface area contributed by atoms with E-state index in [0.717, 1.165) is 13.1 Å². The van der Waals surface area contributed by atoms with E-state index < -0.39 is 0 Å². The topological polar surface area (TPSA) is 15.3 Å². The van der Waals surface area contributed by atoms with Crippen LogP contribution < -0.4 is 5.43 Å². The van der Waals surface area contributed by atoms with Gasteiger partial charge in [0, 0.05) is 19.3 Å². The molecule has 0 saturated carbocycles. The highest BCUT2D eigenvalue weighted by Gasteiger charge is 2.05. The summed E-state index contributed by atoms with van der Waals surface area (Å²) in [5.41, 5.74) is 3.12. The van der Waals surface area contributed by atoms with Gasteiger partial charge in [-0.15, -0.1) is 0 Å². The Morgan fingerprint density at radius 3 is 2.89 bits per heavy atom. The summed E-state index contributed by atoms with van der Waals surface area (Å²) in [5, 5.41) is 2.16.